The SMILES string of the molecule is CCN(CC)c1ccc(C=NN2CCN(C(c3ccccc3)c3ccccc3)CC2)c(O)c1. The van der Waals surface area contributed by atoms with E-state index in [0.29, 0.717) is 0 Å². The normalized spacial score (nSPS) is 14.8. The topological polar surface area (TPSA) is 42.3 Å². The van der Waals surface area contributed by atoms with Gasteiger partial charge in [-0.2, -0.15) is 5.10 Å². The first-order chi connectivity index (χ1) is 16.2. The van der Waals surface area contributed by atoms with Crippen molar-refractivity contribution in [3.63, 3.8) is 0 Å². The third-order valence-electron chi connectivity index (χ3n) is 6.39. The second-order valence-electron chi connectivity index (χ2n) is 8.37. The second-order valence-corrected chi connectivity index (χ2v) is 8.37. The molecule has 0 atom stereocenters. The van der Waals surface area contributed by atoms with Crippen LogP contribution in [0.25, 0.3) is 0 Å². The molecule has 0 bridgehead atoms. The van der Waals surface area contributed by atoms with Crippen LogP contribution < -0.4 is 4.90 Å². The van der Waals surface area contributed by atoms with E-state index in [1.54, 1.807) is 6.21 Å². The monoisotopic (exact) mass is 442 g/mol. The van der Waals surface area contributed by atoms with Gasteiger partial charge in [0.05, 0.1) is 12.3 Å². The minimum absolute atomic E-state index is 0.246. The zero-order chi connectivity index (χ0) is 23.0. The highest BCUT2D eigenvalue weighted by Crippen LogP contribution is 2.29. The third-order valence-corrected chi connectivity index (χ3v) is 6.39. The van der Waals surface area contributed by atoms with Crippen molar-refractivity contribution < 1.29 is 5.11 Å². The lowest BCUT2D eigenvalue weighted by Crippen LogP contribution is -2.45. The van der Waals surface area contributed by atoms with Crippen molar-refractivity contribution in [1.82, 2.24) is 9.91 Å². The molecular formula is C28H34N4O. The van der Waals surface area contributed by atoms with E-state index in [-0.39, 0.29) is 11.8 Å². The number of phenols is 1. The lowest BCUT2D eigenvalue weighted by atomic mass is 9.96. The Morgan fingerprint density at radius 2 is 1.42 bits per heavy atom. The summed E-state index contributed by atoms with van der Waals surface area (Å²) in [6.07, 6.45) is 1.78. The van der Waals surface area contributed by atoms with Crippen LogP contribution in [-0.2, 0) is 0 Å². The second kappa shape index (κ2) is 11.0. The standard InChI is InChI=1S/C28H34N4O/c1-3-30(4-2)26-16-15-25(27(33)21-26)22-29-32-19-17-31(18-20-32)28(23-11-7-5-8-12-23)24-13-9-6-10-14-24/h5-16,21-22,28,33H,3-4,17-20H2,1-2H3. The first kappa shape index (κ1) is 22.9. The molecule has 0 unspecified atom stereocenters. The summed E-state index contributed by atoms with van der Waals surface area (Å²) in [5.41, 5.74) is 4.42. The number of hydrogen-bond donors (Lipinski definition) is 1. The number of rotatable bonds is 8. The van der Waals surface area contributed by atoms with Crippen molar-refractivity contribution in [2.24, 2.45) is 5.10 Å². The molecule has 0 aromatic heterocycles. The highest BCUT2D eigenvalue weighted by atomic mass is 16.3. The zero-order valence-corrected chi connectivity index (χ0v) is 19.6. The number of benzene rings is 3. The summed E-state index contributed by atoms with van der Waals surface area (Å²) >= 11 is 0. The lowest BCUT2D eigenvalue weighted by molar-refractivity contribution is 0.113. The van der Waals surface area contributed by atoms with Gasteiger partial charge in [0, 0.05) is 56.6 Å². The molecule has 172 valence electrons. The first-order valence-electron chi connectivity index (χ1n) is 11.9. The van der Waals surface area contributed by atoms with Gasteiger partial charge in [-0.1, -0.05) is 60.7 Å². The Hall–Kier alpha value is -3.31. The van der Waals surface area contributed by atoms with Gasteiger partial charge in [-0.25, -0.2) is 0 Å². The molecule has 1 N–H and O–H groups in total. The van der Waals surface area contributed by atoms with Crippen LogP contribution in [0, 0.1) is 0 Å². The summed E-state index contributed by atoms with van der Waals surface area (Å²) < 4.78 is 0. The van der Waals surface area contributed by atoms with Gasteiger partial charge in [0.15, 0.2) is 0 Å². The molecule has 0 saturated carbocycles. The summed E-state index contributed by atoms with van der Waals surface area (Å²) in [7, 11) is 0. The average Bonchev–Trinajstić information content (AvgIpc) is 2.87. The van der Waals surface area contributed by atoms with Gasteiger partial charge in [-0.3, -0.25) is 9.91 Å². The highest BCUT2D eigenvalue weighted by molar-refractivity contribution is 5.84. The van der Waals surface area contributed by atoms with E-state index in [1.165, 1.54) is 11.1 Å². The Morgan fingerprint density at radius 1 is 0.848 bits per heavy atom. The van der Waals surface area contributed by atoms with Gasteiger partial charge >= 0.3 is 0 Å². The number of aromatic hydroxyl groups is 1. The zero-order valence-electron chi connectivity index (χ0n) is 19.6. The molecular weight excluding hydrogens is 408 g/mol. The predicted molar refractivity (Wildman–Crippen MR) is 137 cm³/mol. The van der Waals surface area contributed by atoms with Crippen LogP contribution >= 0.6 is 0 Å². The van der Waals surface area contributed by atoms with Crippen LogP contribution in [0.1, 0.15) is 36.6 Å². The molecule has 5 nitrogen and oxygen atoms in total. The van der Waals surface area contributed by atoms with Gasteiger partial charge < -0.3 is 10.0 Å². The Balaban J connectivity index is 1.42. The van der Waals surface area contributed by atoms with Crippen molar-refractivity contribution in [2.45, 2.75) is 19.9 Å². The smallest absolute Gasteiger partial charge is 0.126 e. The minimum atomic E-state index is 0.246. The molecule has 3 aromatic carbocycles. The first-order valence-corrected chi connectivity index (χ1v) is 11.9. The summed E-state index contributed by atoms with van der Waals surface area (Å²) in [6.45, 7) is 9.64. The maximum absolute atomic E-state index is 10.5. The van der Waals surface area contributed by atoms with E-state index in [9.17, 15) is 5.11 Å². The average molecular weight is 443 g/mol. The van der Waals surface area contributed by atoms with Gasteiger partial charge in [0.2, 0.25) is 0 Å². The van der Waals surface area contributed by atoms with E-state index in [4.69, 9.17) is 0 Å². The number of nitrogens with zero attached hydrogens (tertiary/aromatic N) is 4. The van der Waals surface area contributed by atoms with Crippen LogP contribution in [0.5, 0.6) is 5.75 Å². The molecule has 0 amide bonds. The van der Waals surface area contributed by atoms with Crippen LogP contribution in [0.15, 0.2) is 84.0 Å². The van der Waals surface area contributed by atoms with Gasteiger partial charge in [-0.05, 0) is 37.1 Å². The fourth-order valence-electron chi connectivity index (χ4n) is 4.54. The summed E-state index contributed by atoms with van der Waals surface area (Å²) in [4.78, 5) is 4.75. The molecule has 0 aliphatic carbocycles. The highest BCUT2D eigenvalue weighted by Gasteiger charge is 2.25. The number of hydrazone groups is 1. The number of piperazine rings is 1. The molecule has 1 saturated heterocycles. The van der Waals surface area contributed by atoms with Gasteiger partial charge in [0.1, 0.15) is 5.75 Å². The predicted octanol–water partition coefficient (Wildman–Crippen LogP) is 4.98. The quantitative estimate of drug-likeness (QED) is 0.500. The van der Waals surface area contributed by atoms with E-state index >= 15 is 0 Å². The Morgan fingerprint density at radius 3 is 1.94 bits per heavy atom. The fourth-order valence-corrected chi connectivity index (χ4v) is 4.54. The van der Waals surface area contributed by atoms with E-state index in [2.05, 4.69) is 100 Å². The number of phenolic OH excluding ortho intramolecular Hbond substituents is 1. The molecule has 0 spiro atoms. The fraction of sp³-hybridized carbons (Fsp3) is 0.321. The molecule has 1 heterocycles. The molecule has 0 radical (unpaired) electrons. The van der Waals surface area contributed by atoms with Crippen LogP contribution in [-0.4, -0.2) is 60.5 Å². The molecule has 33 heavy (non-hydrogen) atoms. The minimum Gasteiger partial charge on any atom is -0.507 e. The summed E-state index contributed by atoms with van der Waals surface area (Å²) in [6, 6.07) is 27.5. The molecule has 3 aromatic rings. The van der Waals surface area contributed by atoms with Crippen LogP contribution in [0.3, 0.4) is 0 Å². The van der Waals surface area contributed by atoms with Crippen molar-refractivity contribution in [3.05, 3.63) is 95.6 Å². The summed E-state index contributed by atoms with van der Waals surface area (Å²) in [5.74, 6) is 0.273. The number of anilines is 1. The van der Waals surface area contributed by atoms with E-state index in [1.807, 2.05) is 12.1 Å². The molecule has 1 aliphatic rings. The Kier molecular flexibility index (Phi) is 7.63. The molecule has 5 heteroatoms. The van der Waals surface area contributed by atoms with Crippen LogP contribution in [0.2, 0.25) is 0 Å². The van der Waals surface area contributed by atoms with Crippen molar-refractivity contribution in [3.8, 4) is 5.75 Å². The lowest BCUT2D eigenvalue weighted by Gasteiger charge is -2.38. The Labute approximate surface area is 197 Å². The van der Waals surface area contributed by atoms with Crippen molar-refractivity contribution in [2.75, 3.05) is 44.2 Å². The summed E-state index contributed by atoms with van der Waals surface area (Å²) in [5, 5.41) is 17.3. The Bertz CT molecular complexity index is 987. The largest absolute Gasteiger partial charge is 0.507 e. The van der Waals surface area contributed by atoms with Crippen LogP contribution in [0.4, 0.5) is 5.69 Å². The maximum atomic E-state index is 10.5. The molecule has 1 fully saturated rings. The molecule has 4 rings (SSSR count). The third kappa shape index (κ3) is 5.55. The van der Waals surface area contributed by atoms with E-state index < -0.39 is 0 Å². The molecule has 1 aliphatic heterocycles. The van der Waals surface area contributed by atoms with Gasteiger partial charge in [0.25, 0.3) is 0 Å². The maximum Gasteiger partial charge on any atom is 0.126 e. The van der Waals surface area contributed by atoms with Crippen molar-refractivity contribution >= 4 is 11.9 Å². The van der Waals surface area contributed by atoms with Crippen molar-refractivity contribution in [1.29, 1.82) is 0 Å². The van der Waals surface area contributed by atoms with E-state index in [0.717, 1.165) is 50.5 Å². The number of hydrogen-bond acceptors (Lipinski definition) is 5. The van der Waals surface area contributed by atoms with Gasteiger partial charge in [-0.15, -0.1) is 0 Å².